The topological polar surface area (TPSA) is 83.5 Å². The quantitative estimate of drug-likeness (QED) is 0.746. The van der Waals surface area contributed by atoms with Crippen LogP contribution in [0.3, 0.4) is 0 Å². The number of pyridine rings is 1. The molecule has 0 aromatic carbocycles. The number of carbonyl (C=O) groups excluding carboxylic acids is 1. The fourth-order valence-corrected chi connectivity index (χ4v) is 2.38. The van der Waals surface area contributed by atoms with Crippen LogP contribution in [0, 0.1) is 0 Å². The Morgan fingerprint density at radius 2 is 2.45 bits per heavy atom. The minimum atomic E-state index is -0.373. The van der Waals surface area contributed by atoms with E-state index < -0.39 is 0 Å². The van der Waals surface area contributed by atoms with Crippen LogP contribution in [-0.2, 0) is 4.74 Å². The van der Waals surface area contributed by atoms with Gasteiger partial charge in [-0.15, -0.1) is 12.4 Å². The number of hydrogen-bond acceptors (Lipinski definition) is 5. The Morgan fingerprint density at radius 1 is 1.65 bits per heavy atom. The van der Waals surface area contributed by atoms with Gasteiger partial charge in [-0.1, -0.05) is 0 Å². The molecule has 0 spiro atoms. The monoisotopic (exact) mass is 301 g/mol. The standard InChI is InChI=1S/C13H19N3O3.ClH/c1-19-9-13(5-3-7-16-13)8-15-12(18)11-10(17)4-2-6-14-11;/h2,4,6,16-17H,3,5,7-9H2,1H3,(H,15,18);1H. The molecule has 1 aliphatic heterocycles. The highest BCUT2D eigenvalue weighted by Gasteiger charge is 2.34. The van der Waals surface area contributed by atoms with E-state index in [9.17, 15) is 9.90 Å². The first-order chi connectivity index (χ1) is 9.17. The minimum absolute atomic E-state index is 0. The van der Waals surface area contributed by atoms with Gasteiger partial charge in [-0.05, 0) is 31.5 Å². The average Bonchev–Trinajstić information content (AvgIpc) is 2.86. The number of aromatic nitrogens is 1. The molecule has 0 saturated carbocycles. The number of hydrogen-bond donors (Lipinski definition) is 3. The summed E-state index contributed by atoms with van der Waals surface area (Å²) in [6, 6.07) is 3.03. The summed E-state index contributed by atoms with van der Waals surface area (Å²) in [6.45, 7) is 1.92. The van der Waals surface area contributed by atoms with Gasteiger partial charge in [0.05, 0.1) is 12.1 Å². The van der Waals surface area contributed by atoms with Gasteiger partial charge in [0.15, 0.2) is 5.69 Å². The van der Waals surface area contributed by atoms with Gasteiger partial charge in [0.1, 0.15) is 5.75 Å². The summed E-state index contributed by atoms with van der Waals surface area (Å²) in [5.74, 6) is -0.484. The van der Waals surface area contributed by atoms with Crippen molar-refractivity contribution in [1.29, 1.82) is 0 Å². The first-order valence-corrected chi connectivity index (χ1v) is 6.33. The molecule has 20 heavy (non-hydrogen) atoms. The van der Waals surface area contributed by atoms with Gasteiger partial charge >= 0.3 is 0 Å². The highest BCUT2D eigenvalue weighted by Crippen LogP contribution is 2.19. The Kier molecular flexibility index (Phi) is 6.19. The lowest BCUT2D eigenvalue weighted by molar-refractivity contribution is 0.0885. The number of carbonyl (C=O) groups is 1. The fourth-order valence-electron chi connectivity index (χ4n) is 2.38. The van der Waals surface area contributed by atoms with Crippen molar-refractivity contribution in [2.75, 3.05) is 26.8 Å². The molecule has 3 N–H and O–H groups in total. The molecule has 1 aliphatic rings. The van der Waals surface area contributed by atoms with Crippen LogP contribution in [0.15, 0.2) is 18.3 Å². The van der Waals surface area contributed by atoms with Crippen LogP contribution < -0.4 is 10.6 Å². The Hall–Kier alpha value is -1.37. The molecule has 1 fully saturated rings. The predicted molar refractivity (Wildman–Crippen MR) is 77.3 cm³/mol. The molecule has 1 saturated heterocycles. The van der Waals surface area contributed by atoms with Crippen molar-refractivity contribution in [1.82, 2.24) is 15.6 Å². The number of rotatable bonds is 5. The first-order valence-electron chi connectivity index (χ1n) is 6.33. The summed E-state index contributed by atoms with van der Waals surface area (Å²) >= 11 is 0. The van der Waals surface area contributed by atoms with Gasteiger partial charge < -0.3 is 20.5 Å². The molecule has 1 amide bonds. The second-order valence-electron chi connectivity index (χ2n) is 4.80. The molecule has 2 rings (SSSR count). The molecule has 1 atom stereocenters. The van der Waals surface area contributed by atoms with E-state index in [1.165, 1.54) is 12.3 Å². The van der Waals surface area contributed by atoms with Crippen molar-refractivity contribution in [3.63, 3.8) is 0 Å². The van der Waals surface area contributed by atoms with Gasteiger partial charge in [0, 0.05) is 19.9 Å². The van der Waals surface area contributed by atoms with Crippen LogP contribution in [0.1, 0.15) is 23.3 Å². The Morgan fingerprint density at radius 3 is 3.05 bits per heavy atom. The normalized spacial score (nSPS) is 21.2. The van der Waals surface area contributed by atoms with Gasteiger partial charge in [-0.25, -0.2) is 4.98 Å². The largest absolute Gasteiger partial charge is 0.505 e. The predicted octanol–water partition coefficient (Wildman–Crippen LogP) is 0.707. The van der Waals surface area contributed by atoms with E-state index in [0.717, 1.165) is 19.4 Å². The summed E-state index contributed by atoms with van der Waals surface area (Å²) in [7, 11) is 1.65. The molecule has 1 aromatic heterocycles. The third-order valence-electron chi connectivity index (χ3n) is 3.34. The van der Waals surface area contributed by atoms with Crippen LogP contribution in [0.4, 0.5) is 0 Å². The van der Waals surface area contributed by atoms with Gasteiger partial charge in [-0.2, -0.15) is 0 Å². The number of nitrogens with zero attached hydrogens (tertiary/aromatic N) is 1. The lowest BCUT2D eigenvalue weighted by atomic mass is 9.98. The molecule has 0 bridgehead atoms. The van der Waals surface area contributed by atoms with Gasteiger partial charge in [0.25, 0.3) is 5.91 Å². The Labute approximate surface area is 124 Å². The molecule has 2 heterocycles. The second kappa shape index (κ2) is 7.42. The van der Waals surface area contributed by atoms with Crippen molar-refractivity contribution < 1.29 is 14.6 Å². The lowest BCUT2D eigenvalue weighted by Crippen LogP contribution is -2.53. The van der Waals surface area contributed by atoms with Gasteiger partial charge in [0.2, 0.25) is 0 Å². The minimum Gasteiger partial charge on any atom is -0.505 e. The Bertz CT molecular complexity index is 450. The summed E-state index contributed by atoms with van der Waals surface area (Å²) in [4.78, 5) is 15.8. The lowest BCUT2D eigenvalue weighted by Gasteiger charge is -2.28. The van der Waals surface area contributed by atoms with Crippen molar-refractivity contribution in [2.24, 2.45) is 0 Å². The molecule has 0 aliphatic carbocycles. The van der Waals surface area contributed by atoms with Crippen molar-refractivity contribution in [3.8, 4) is 5.75 Å². The van der Waals surface area contributed by atoms with Crippen molar-refractivity contribution >= 4 is 18.3 Å². The van der Waals surface area contributed by atoms with Crippen LogP contribution in [0.2, 0.25) is 0 Å². The van der Waals surface area contributed by atoms with E-state index in [1.807, 2.05) is 0 Å². The van der Waals surface area contributed by atoms with E-state index in [1.54, 1.807) is 13.2 Å². The zero-order chi connectivity index (χ0) is 13.7. The number of ether oxygens (including phenoxy) is 1. The molecular formula is C13H20ClN3O3. The van der Waals surface area contributed by atoms with Crippen LogP contribution >= 0.6 is 12.4 Å². The van der Waals surface area contributed by atoms with Crippen molar-refractivity contribution in [2.45, 2.75) is 18.4 Å². The van der Waals surface area contributed by atoms with Gasteiger partial charge in [-0.3, -0.25) is 4.79 Å². The fraction of sp³-hybridized carbons (Fsp3) is 0.538. The second-order valence-corrected chi connectivity index (χ2v) is 4.80. The molecule has 1 aromatic rings. The zero-order valence-electron chi connectivity index (χ0n) is 11.4. The Balaban J connectivity index is 0.00000200. The number of amides is 1. The first kappa shape index (κ1) is 16.7. The highest BCUT2D eigenvalue weighted by atomic mass is 35.5. The van der Waals surface area contributed by atoms with Crippen molar-refractivity contribution in [3.05, 3.63) is 24.0 Å². The maximum absolute atomic E-state index is 12.0. The summed E-state index contributed by atoms with van der Waals surface area (Å²) < 4.78 is 5.21. The van der Waals surface area contributed by atoms with E-state index in [2.05, 4.69) is 15.6 Å². The molecule has 1 unspecified atom stereocenters. The molecule has 112 valence electrons. The SMILES string of the molecule is COCC1(CNC(=O)c2ncccc2O)CCCN1.Cl. The number of nitrogens with one attached hydrogen (secondary N) is 2. The summed E-state index contributed by atoms with van der Waals surface area (Å²) in [6.07, 6.45) is 3.50. The molecule has 7 heteroatoms. The van der Waals surface area contributed by atoms with E-state index in [0.29, 0.717) is 13.2 Å². The van der Waals surface area contributed by atoms with E-state index >= 15 is 0 Å². The van der Waals surface area contributed by atoms with E-state index in [4.69, 9.17) is 4.74 Å². The van der Waals surface area contributed by atoms with Crippen LogP contribution in [-0.4, -0.2) is 48.3 Å². The summed E-state index contributed by atoms with van der Waals surface area (Å²) in [5, 5.41) is 15.8. The van der Waals surface area contributed by atoms with Crippen LogP contribution in [0.25, 0.3) is 0 Å². The zero-order valence-corrected chi connectivity index (χ0v) is 12.2. The van der Waals surface area contributed by atoms with Crippen LogP contribution in [0.5, 0.6) is 5.75 Å². The number of aromatic hydroxyl groups is 1. The number of methoxy groups -OCH3 is 1. The molecule has 0 radical (unpaired) electrons. The highest BCUT2D eigenvalue weighted by molar-refractivity contribution is 5.94. The third-order valence-corrected chi connectivity index (χ3v) is 3.34. The smallest absolute Gasteiger partial charge is 0.273 e. The average molecular weight is 302 g/mol. The summed E-state index contributed by atoms with van der Waals surface area (Å²) in [5.41, 5.74) is -0.164. The molecular weight excluding hydrogens is 282 g/mol. The molecule has 6 nitrogen and oxygen atoms in total. The number of halogens is 1. The third kappa shape index (κ3) is 3.82. The maximum atomic E-state index is 12.0. The van der Waals surface area contributed by atoms with E-state index in [-0.39, 0.29) is 35.3 Å². The maximum Gasteiger partial charge on any atom is 0.273 e.